The summed E-state index contributed by atoms with van der Waals surface area (Å²) in [6, 6.07) is 14.6. The molecule has 3 aromatic carbocycles. The quantitative estimate of drug-likeness (QED) is 0.405. The summed E-state index contributed by atoms with van der Waals surface area (Å²) >= 11 is 1.43. The Labute approximate surface area is 234 Å². The summed E-state index contributed by atoms with van der Waals surface area (Å²) < 4.78 is 40.2. The van der Waals surface area contributed by atoms with Gasteiger partial charge in [0.25, 0.3) is 11.8 Å². The Morgan fingerprint density at radius 2 is 1.58 bits per heavy atom. The normalized spacial score (nSPS) is 11.7. The molecule has 0 spiro atoms. The fraction of sp³-hybridized carbons (Fsp3) is 0.222. The first-order chi connectivity index (χ1) is 17.5. The van der Waals surface area contributed by atoms with Crippen LogP contribution < -0.4 is 34.6 Å². The molecule has 1 unspecified atom stereocenters. The second kappa shape index (κ2) is 13.6. The number of aliphatic carboxylic acids is 1. The number of anilines is 1. The van der Waals surface area contributed by atoms with Crippen molar-refractivity contribution in [3.63, 3.8) is 0 Å². The van der Waals surface area contributed by atoms with Gasteiger partial charge in [-0.05, 0) is 72.4 Å². The molecule has 0 aliphatic carbocycles. The zero-order valence-corrected chi connectivity index (χ0v) is 21.8. The van der Waals surface area contributed by atoms with Gasteiger partial charge >= 0.3 is 25.0 Å². The summed E-state index contributed by atoms with van der Waals surface area (Å²) in [6.07, 6.45) is -2.74. The molecule has 3 aromatic rings. The van der Waals surface area contributed by atoms with E-state index >= 15 is 0 Å². The molecule has 2 N–H and O–H groups in total. The number of amides is 2. The van der Waals surface area contributed by atoms with E-state index in [2.05, 4.69) is 10.6 Å². The number of hydrogen-bond donors (Lipinski definition) is 2. The molecule has 0 saturated carbocycles. The summed E-state index contributed by atoms with van der Waals surface area (Å²) in [6.45, 7) is 1.81. The number of carbonyl (C=O) groups is 3. The number of thioether (sulfide) groups is 1. The Balaban J connectivity index is 0.00000507. The fourth-order valence-electron chi connectivity index (χ4n) is 3.77. The molecule has 0 fully saturated rings. The Bertz CT molecular complexity index is 1320. The molecule has 0 saturated heterocycles. The van der Waals surface area contributed by atoms with E-state index in [1.807, 2.05) is 19.2 Å². The minimum absolute atomic E-state index is 0. The van der Waals surface area contributed by atoms with E-state index in [9.17, 15) is 32.7 Å². The van der Waals surface area contributed by atoms with E-state index in [-0.39, 0.29) is 36.5 Å². The number of aryl methyl sites for hydroxylation is 1. The van der Waals surface area contributed by atoms with Crippen LogP contribution in [0.1, 0.15) is 38.3 Å². The first kappa shape index (κ1) is 31.0. The molecule has 3 rings (SSSR count). The molecular weight excluding hydrogens is 512 g/mol. The van der Waals surface area contributed by atoms with Gasteiger partial charge in [0.1, 0.15) is 0 Å². The Kier molecular flexibility index (Phi) is 11.1. The molecule has 0 heterocycles. The van der Waals surface area contributed by atoms with E-state index in [0.29, 0.717) is 16.9 Å². The number of carbonyl (C=O) groups excluding carboxylic acids is 3. The molecular formula is C27H24F3LiN2O4S. The van der Waals surface area contributed by atoms with Crippen LogP contribution in [0.25, 0.3) is 11.1 Å². The fourth-order valence-corrected chi connectivity index (χ4v) is 4.24. The van der Waals surface area contributed by atoms with Gasteiger partial charge in [-0.15, -0.1) is 0 Å². The van der Waals surface area contributed by atoms with Crippen molar-refractivity contribution in [3.05, 3.63) is 89.0 Å². The number of benzene rings is 3. The Morgan fingerprint density at radius 1 is 0.921 bits per heavy atom. The van der Waals surface area contributed by atoms with Gasteiger partial charge in [0.15, 0.2) is 0 Å². The average molecular weight is 537 g/mol. The largest absolute Gasteiger partial charge is 1.00 e. The number of nitrogens with one attached hydrogen (secondary N) is 2. The second-order valence-electron chi connectivity index (χ2n) is 8.20. The minimum Gasteiger partial charge on any atom is -0.548 e. The second-order valence-corrected chi connectivity index (χ2v) is 9.18. The van der Waals surface area contributed by atoms with E-state index in [0.717, 1.165) is 17.7 Å². The molecule has 6 nitrogen and oxygen atoms in total. The number of carboxylic acids is 1. The third kappa shape index (κ3) is 7.66. The summed E-state index contributed by atoms with van der Waals surface area (Å²) in [5, 5.41) is 16.5. The van der Waals surface area contributed by atoms with Crippen molar-refractivity contribution >= 4 is 35.2 Å². The van der Waals surface area contributed by atoms with Gasteiger partial charge in [-0.25, -0.2) is 0 Å². The molecule has 0 radical (unpaired) electrons. The maximum atomic E-state index is 13.4. The number of hydrogen-bond acceptors (Lipinski definition) is 5. The van der Waals surface area contributed by atoms with E-state index in [4.69, 9.17) is 0 Å². The maximum absolute atomic E-state index is 13.4. The zero-order chi connectivity index (χ0) is 27.2. The summed E-state index contributed by atoms with van der Waals surface area (Å²) in [5.41, 5.74) is 0.490. The number of alkyl halides is 3. The molecule has 194 valence electrons. The van der Waals surface area contributed by atoms with Crippen LogP contribution in [0.15, 0.2) is 66.7 Å². The minimum atomic E-state index is -4.71. The van der Waals surface area contributed by atoms with Gasteiger partial charge in [0.2, 0.25) is 0 Å². The van der Waals surface area contributed by atoms with Crippen LogP contribution in [-0.2, 0) is 11.0 Å². The van der Waals surface area contributed by atoms with Crippen molar-refractivity contribution in [2.75, 3.05) is 17.3 Å². The molecule has 2 amide bonds. The Hall–Kier alpha value is -3.19. The van der Waals surface area contributed by atoms with Crippen LogP contribution in [0.3, 0.4) is 0 Å². The molecule has 38 heavy (non-hydrogen) atoms. The topological polar surface area (TPSA) is 98.3 Å². The summed E-state index contributed by atoms with van der Waals surface area (Å²) in [7, 11) is 0. The van der Waals surface area contributed by atoms with Crippen LogP contribution in [-0.4, -0.2) is 35.8 Å². The van der Waals surface area contributed by atoms with Gasteiger partial charge in [0, 0.05) is 11.3 Å². The predicted molar refractivity (Wildman–Crippen MR) is 135 cm³/mol. The molecule has 0 aliphatic rings. The van der Waals surface area contributed by atoms with Crippen molar-refractivity contribution in [1.29, 1.82) is 0 Å². The van der Waals surface area contributed by atoms with Crippen molar-refractivity contribution < 1.29 is 51.5 Å². The predicted octanol–water partition coefficient (Wildman–Crippen LogP) is 1.54. The van der Waals surface area contributed by atoms with Crippen molar-refractivity contribution in [2.45, 2.75) is 25.6 Å². The number of carboxylic acid groups (broad SMARTS) is 1. The third-order valence-corrected chi connectivity index (χ3v) is 6.28. The van der Waals surface area contributed by atoms with Gasteiger partial charge in [-0.1, -0.05) is 36.4 Å². The molecule has 0 bridgehead atoms. The van der Waals surface area contributed by atoms with Gasteiger partial charge in [-0.2, -0.15) is 24.9 Å². The number of halogens is 3. The SMILES string of the molecule is CSCCC(NC(=O)c1ccc(NC(=O)c2ccccc2C(F)(F)F)cc1-c1ccccc1C)C(=O)[O-].[Li+]. The van der Waals surface area contributed by atoms with Crippen LogP contribution >= 0.6 is 11.8 Å². The van der Waals surface area contributed by atoms with Gasteiger partial charge in [-0.3, -0.25) is 9.59 Å². The third-order valence-electron chi connectivity index (χ3n) is 5.63. The summed E-state index contributed by atoms with van der Waals surface area (Å²) in [5.74, 6) is -2.54. The maximum Gasteiger partial charge on any atom is 1.00 e. The van der Waals surface area contributed by atoms with Crippen molar-refractivity contribution in [2.24, 2.45) is 0 Å². The van der Waals surface area contributed by atoms with Crippen molar-refractivity contribution in [1.82, 2.24) is 5.32 Å². The molecule has 1 atom stereocenters. The van der Waals surface area contributed by atoms with E-state index in [1.165, 1.54) is 42.1 Å². The standard InChI is InChI=1S/C27H25F3N2O4S.Li/c1-16-7-3-4-8-18(16)21-15-17(31-25(34)20-9-5-6-10-22(20)27(28,29)30)11-12-19(21)24(33)32-23(26(35)36)13-14-37-2;/h3-12,15,23H,13-14H2,1-2H3,(H,31,34)(H,32,33)(H,35,36);/q;+1/p-1. The first-order valence-electron chi connectivity index (χ1n) is 11.2. The molecule has 0 aliphatic heterocycles. The van der Waals surface area contributed by atoms with Crippen LogP contribution in [0, 0.1) is 6.92 Å². The van der Waals surface area contributed by atoms with Crippen molar-refractivity contribution in [3.8, 4) is 11.1 Å². The Morgan fingerprint density at radius 3 is 2.21 bits per heavy atom. The molecule has 11 heteroatoms. The van der Waals surface area contributed by atoms with E-state index in [1.54, 1.807) is 18.2 Å². The van der Waals surface area contributed by atoms with Gasteiger partial charge < -0.3 is 20.5 Å². The van der Waals surface area contributed by atoms with Crippen LogP contribution in [0.5, 0.6) is 0 Å². The zero-order valence-electron chi connectivity index (χ0n) is 21.0. The average Bonchev–Trinajstić information content (AvgIpc) is 2.86. The monoisotopic (exact) mass is 536 g/mol. The van der Waals surface area contributed by atoms with E-state index < -0.39 is 41.1 Å². The molecule has 0 aromatic heterocycles. The van der Waals surface area contributed by atoms with Crippen LogP contribution in [0.4, 0.5) is 18.9 Å². The van der Waals surface area contributed by atoms with Crippen LogP contribution in [0.2, 0.25) is 0 Å². The summed E-state index contributed by atoms with van der Waals surface area (Å²) in [4.78, 5) is 37.4. The van der Waals surface area contributed by atoms with Gasteiger partial charge in [0.05, 0.1) is 23.1 Å². The smallest absolute Gasteiger partial charge is 0.548 e. The number of rotatable bonds is 9. The first-order valence-corrected chi connectivity index (χ1v) is 12.6.